The Bertz CT molecular complexity index is 881. The third kappa shape index (κ3) is 5.45. The summed E-state index contributed by atoms with van der Waals surface area (Å²) in [4.78, 5) is 26.5. The average Bonchev–Trinajstić information content (AvgIpc) is 3.58. The highest BCUT2D eigenvalue weighted by Gasteiger charge is 2.23. The Labute approximate surface area is 170 Å². The SMILES string of the molecule is O=C(/C=C/c1ccc(C(=O)NC2CC2)cc1)Nc1ccc(N2CCOCC2)cc1. The van der Waals surface area contributed by atoms with E-state index in [1.54, 1.807) is 18.2 Å². The zero-order valence-electron chi connectivity index (χ0n) is 16.3. The number of rotatable bonds is 6. The number of carbonyl (C=O) groups excluding carboxylic acids is 2. The first-order valence-electron chi connectivity index (χ1n) is 10.0. The van der Waals surface area contributed by atoms with E-state index in [9.17, 15) is 9.59 Å². The summed E-state index contributed by atoms with van der Waals surface area (Å²) in [5, 5.41) is 5.83. The van der Waals surface area contributed by atoms with E-state index in [2.05, 4.69) is 15.5 Å². The first-order valence-corrected chi connectivity index (χ1v) is 10.0. The van der Waals surface area contributed by atoms with Crippen LogP contribution in [0.1, 0.15) is 28.8 Å². The van der Waals surface area contributed by atoms with Crippen molar-refractivity contribution in [3.63, 3.8) is 0 Å². The minimum Gasteiger partial charge on any atom is -0.378 e. The lowest BCUT2D eigenvalue weighted by atomic mass is 10.1. The van der Waals surface area contributed by atoms with Gasteiger partial charge in [-0.15, -0.1) is 0 Å². The van der Waals surface area contributed by atoms with Gasteiger partial charge in [-0.1, -0.05) is 12.1 Å². The molecule has 0 unspecified atom stereocenters. The number of morpholine rings is 1. The zero-order chi connectivity index (χ0) is 20.1. The molecule has 29 heavy (non-hydrogen) atoms. The maximum absolute atomic E-state index is 12.2. The van der Waals surface area contributed by atoms with Crippen molar-refractivity contribution in [1.29, 1.82) is 0 Å². The Kier molecular flexibility index (Phi) is 5.91. The fourth-order valence-electron chi connectivity index (χ4n) is 3.17. The molecule has 0 radical (unpaired) electrons. The van der Waals surface area contributed by atoms with Gasteiger partial charge in [-0.05, 0) is 60.9 Å². The van der Waals surface area contributed by atoms with Crippen molar-refractivity contribution < 1.29 is 14.3 Å². The lowest BCUT2D eigenvalue weighted by Gasteiger charge is -2.28. The summed E-state index contributed by atoms with van der Waals surface area (Å²) in [5.41, 5.74) is 3.39. The van der Waals surface area contributed by atoms with Gasteiger partial charge in [0.15, 0.2) is 0 Å². The molecule has 0 atom stereocenters. The van der Waals surface area contributed by atoms with Crippen LogP contribution in [-0.4, -0.2) is 44.2 Å². The summed E-state index contributed by atoms with van der Waals surface area (Å²) in [6, 6.07) is 15.4. The number of ether oxygens (including phenoxy) is 1. The third-order valence-electron chi connectivity index (χ3n) is 5.02. The summed E-state index contributed by atoms with van der Waals surface area (Å²) < 4.78 is 5.37. The van der Waals surface area contributed by atoms with E-state index in [0.717, 1.165) is 56.1 Å². The Morgan fingerprint density at radius 1 is 0.966 bits per heavy atom. The van der Waals surface area contributed by atoms with Crippen molar-refractivity contribution in [1.82, 2.24) is 5.32 Å². The van der Waals surface area contributed by atoms with Gasteiger partial charge in [0.1, 0.15) is 0 Å². The van der Waals surface area contributed by atoms with Gasteiger partial charge in [-0.2, -0.15) is 0 Å². The Morgan fingerprint density at radius 2 is 1.66 bits per heavy atom. The van der Waals surface area contributed by atoms with Crippen LogP contribution < -0.4 is 15.5 Å². The number of carbonyl (C=O) groups is 2. The predicted molar refractivity (Wildman–Crippen MR) is 114 cm³/mol. The van der Waals surface area contributed by atoms with Crippen LogP contribution >= 0.6 is 0 Å². The Morgan fingerprint density at radius 3 is 2.31 bits per heavy atom. The van der Waals surface area contributed by atoms with Gasteiger partial charge in [-0.3, -0.25) is 9.59 Å². The molecule has 1 saturated carbocycles. The fraction of sp³-hybridized carbons (Fsp3) is 0.304. The average molecular weight is 391 g/mol. The summed E-state index contributed by atoms with van der Waals surface area (Å²) in [6.45, 7) is 3.26. The smallest absolute Gasteiger partial charge is 0.251 e. The molecule has 1 aliphatic carbocycles. The van der Waals surface area contributed by atoms with E-state index in [1.165, 1.54) is 6.08 Å². The summed E-state index contributed by atoms with van der Waals surface area (Å²) in [5.74, 6) is -0.235. The third-order valence-corrected chi connectivity index (χ3v) is 5.02. The Hall–Kier alpha value is -3.12. The number of hydrogen-bond donors (Lipinski definition) is 2. The van der Waals surface area contributed by atoms with Crippen molar-refractivity contribution in [2.45, 2.75) is 18.9 Å². The standard InChI is InChI=1S/C23H25N3O3/c27-22(24-19-8-10-21(11-9-19)26-13-15-29-16-14-26)12-3-17-1-4-18(5-2-17)23(28)25-20-6-7-20/h1-5,8-12,20H,6-7,13-16H2,(H,24,27)(H,25,28)/b12-3+. The Balaban J connectivity index is 1.29. The number of nitrogens with zero attached hydrogens (tertiary/aromatic N) is 1. The highest BCUT2D eigenvalue weighted by atomic mass is 16.5. The van der Waals surface area contributed by atoms with Crippen molar-refractivity contribution >= 4 is 29.3 Å². The molecule has 2 N–H and O–H groups in total. The van der Waals surface area contributed by atoms with Gasteiger partial charge >= 0.3 is 0 Å². The molecule has 6 nitrogen and oxygen atoms in total. The second-order valence-corrected chi connectivity index (χ2v) is 7.34. The molecule has 4 rings (SSSR count). The predicted octanol–water partition coefficient (Wildman–Crippen LogP) is 3.07. The van der Waals surface area contributed by atoms with E-state index in [4.69, 9.17) is 4.74 Å². The zero-order valence-corrected chi connectivity index (χ0v) is 16.3. The lowest BCUT2D eigenvalue weighted by Crippen LogP contribution is -2.36. The van der Waals surface area contributed by atoms with Gasteiger partial charge < -0.3 is 20.3 Å². The minimum atomic E-state index is -0.195. The second kappa shape index (κ2) is 8.92. The van der Waals surface area contributed by atoms with Crippen LogP contribution in [0.2, 0.25) is 0 Å². The highest BCUT2D eigenvalue weighted by molar-refractivity contribution is 6.02. The van der Waals surface area contributed by atoms with Gasteiger partial charge in [0.05, 0.1) is 13.2 Å². The maximum Gasteiger partial charge on any atom is 0.251 e. The molecule has 2 aromatic rings. The molecular formula is C23H25N3O3. The number of hydrogen-bond acceptors (Lipinski definition) is 4. The van der Waals surface area contributed by atoms with Crippen LogP contribution in [0.4, 0.5) is 11.4 Å². The van der Waals surface area contributed by atoms with E-state index in [0.29, 0.717) is 11.6 Å². The fourth-order valence-corrected chi connectivity index (χ4v) is 3.17. The summed E-state index contributed by atoms with van der Waals surface area (Å²) >= 11 is 0. The minimum absolute atomic E-state index is 0.0405. The van der Waals surface area contributed by atoms with Gasteiger partial charge in [0.2, 0.25) is 5.91 Å². The van der Waals surface area contributed by atoms with Gasteiger partial charge in [0.25, 0.3) is 5.91 Å². The van der Waals surface area contributed by atoms with Crippen LogP contribution in [0, 0.1) is 0 Å². The van der Waals surface area contributed by atoms with Gasteiger partial charge in [-0.25, -0.2) is 0 Å². The monoisotopic (exact) mass is 391 g/mol. The molecule has 2 aromatic carbocycles. The first-order chi connectivity index (χ1) is 14.2. The van der Waals surface area contributed by atoms with Crippen LogP contribution in [0.3, 0.4) is 0 Å². The van der Waals surface area contributed by atoms with E-state index in [-0.39, 0.29) is 11.8 Å². The number of anilines is 2. The molecule has 2 fully saturated rings. The maximum atomic E-state index is 12.2. The van der Waals surface area contributed by atoms with Crippen molar-refractivity contribution in [3.8, 4) is 0 Å². The molecular weight excluding hydrogens is 366 g/mol. The first kappa shape index (κ1) is 19.2. The molecule has 0 aromatic heterocycles. The van der Waals surface area contributed by atoms with Gasteiger partial charge in [0, 0.05) is 42.1 Å². The van der Waals surface area contributed by atoms with Crippen molar-refractivity contribution in [2.75, 3.05) is 36.5 Å². The molecule has 0 bridgehead atoms. The summed E-state index contributed by atoms with van der Waals surface area (Å²) in [7, 11) is 0. The normalized spacial score (nSPS) is 16.6. The molecule has 2 aliphatic rings. The summed E-state index contributed by atoms with van der Waals surface area (Å²) in [6.07, 6.45) is 5.37. The molecule has 0 spiro atoms. The van der Waals surface area contributed by atoms with Crippen molar-refractivity contribution in [2.24, 2.45) is 0 Å². The number of nitrogens with one attached hydrogen (secondary N) is 2. The molecule has 2 amide bonds. The number of benzene rings is 2. The molecule has 1 aliphatic heterocycles. The molecule has 6 heteroatoms. The van der Waals surface area contributed by atoms with Crippen molar-refractivity contribution in [3.05, 3.63) is 65.7 Å². The quantitative estimate of drug-likeness (QED) is 0.743. The van der Waals surface area contributed by atoms with Crippen LogP contribution in [-0.2, 0) is 9.53 Å². The van der Waals surface area contributed by atoms with E-state index < -0.39 is 0 Å². The van der Waals surface area contributed by atoms with Crippen LogP contribution in [0.25, 0.3) is 6.08 Å². The van der Waals surface area contributed by atoms with E-state index in [1.807, 2.05) is 36.4 Å². The lowest BCUT2D eigenvalue weighted by molar-refractivity contribution is -0.111. The topological polar surface area (TPSA) is 70.7 Å². The highest BCUT2D eigenvalue weighted by Crippen LogP contribution is 2.20. The molecule has 1 heterocycles. The number of amides is 2. The largest absolute Gasteiger partial charge is 0.378 e. The van der Waals surface area contributed by atoms with Crippen LogP contribution in [0.5, 0.6) is 0 Å². The van der Waals surface area contributed by atoms with E-state index >= 15 is 0 Å². The second-order valence-electron chi connectivity index (χ2n) is 7.34. The molecule has 150 valence electrons. The molecule has 1 saturated heterocycles. The van der Waals surface area contributed by atoms with Crippen LogP contribution in [0.15, 0.2) is 54.6 Å².